The number of rotatable bonds is 1. The molecule has 2 heteroatoms. The predicted octanol–water partition coefficient (Wildman–Crippen LogP) is 6.94. The van der Waals surface area contributed by atoms with E-state index in [1.807, 2.05) is 0 Å². The summed E-state index contributed by atoms with van der Waals surface area (Å²) >= 11 is 0. The third-order valence-corrected chi connectivity index (χ3v) is 6.12. The number of hydrogen-bond acceptors (Lipinski definition) is 1. The van der Waals surface area contributed by atoms with Crippen molar-refractivity contribution in [1.29, 1.82) is 0 Å². The molecule has 28 heavy (non-hydrogen) atoms. The molecule has 140 valence electrons. The summed E-state index contributed by atoms with van der Waals surface area (Å²) in [6.45, 7) is 8.90. The second kappa shape index (κ2) is 5.57. The zero-order valence-electron chi connectivity index (χ0n) is 16.9. The van der Waals surface area contributed by atoms with E-state index < -0.39 is 0 Å². The molecule has 1 aliphatic heterocycles. The Bertz CT molecular complexity index is 1190. The van der Waals surface area contributed by atoms with E-state index in [9.17, 15) is 5.21 Å². The van der Waals surface area contributed by atoms with Crippen molar-refractivity contribution in [3.63, 3.8) is 0 Å². The van der Waals surface area contributed by atoms with Gasteiger partial charge in [0, 0.05) is 6.07 Å². The number of hydrogen-bond donors (Lipinski definition) is 0. The lowest BCUT2D eigenvalue weighted by molar-refractivity contribution is -0.361. The van der Waals surface area contributed by atoms with Gasteiger partial charge in [-0.25, -0.2) is 0 Å². The number of allylic oxidation sites excluding steroid dienone is 2. The van der Waals surface area contributed by atoms with Gasteiger partial charge in [0.1, 0.15) is 0 Å². The molecule has 0 spiro atoms. The van der Waals surface area contributed by atoms with E-state index in [-0.39, 0.29) is 10.8 Å². The molecule has 0 radical (unpaired) electrons. The van der Waals surface area contributed by atoms with E-state index in [0.29, 0.717) is 0 Å². The van der Waals surface area contributed by atoms with Gasteiger partial charge < -0.3 is 5.21 Å². The van der Waals surface area contributed by atoms with Gasteiger partial charge in [0.15, 0.2) is 0 Å². The van der Waals surface area contributed by atoms with E-state index in [2.05, 4.69) is 94.4 Å². The minimum Gasteiger partial charge on any atom is -0.618 e. The Hall–Kier alpha value is -2.87. The van der Waals surface area contributed by atoms with Gasteiger partial charge in [-0.2, -0.15) is 4.74 Å². The third kappa shape index (κ3) is 2.51. The van der Waals surface area contributed by atoms with Gasteiger partial charge in [0.2, 0.25) is 11.4 Å². The van der Waals surface area contributed by atoms with Crippen molar-refractivity contribution >= 4 is 27.7 Å². The van der Waals surface area contributed by atoms with Gasteiger partial charge in [-0.3, -0.25) is 0 Å². The van der Waals surface area contributed by atoms with E-state index in [4.69, 9.17) is 0 Å². The normalized spacial score (nSPS) is 19.4. The highest BCUT2D eigenvalue weighted by Crippen LogP contribution is 2.51. The zero-order valence-corrected chi connectivity index (χ0v) is 16.9. The maximum absolute atomic E-state index is 13.3. The molecule has 0 aromatic heterocycles. The molecule has 0 N–H and O–H groups in total. The maximum atomic E-state index is 13.3. The molecule has 5 rings (SSSR count). The van der Waals surface area contributed by atoms with Crippen LogP contribution < -0.4 is 0 Å². The highest BCUT2D eigenvalue weighted by atomic mass is 16.5. The molecule has 2 aliphatic rings. The third-order valence-electron chi connectivity index (χ3n) is 6.12. The molecule has 0 atom stereocenters. The van der Waals surface area contributed by atoms with Crippen LogP contribution in [-0.4, -0.2) is 10.5 Å². The molecule has 3 aromatic rings. The van der Waals surface area contributed by atoms with Crippen LogP contribution in [0.5, 0.6) is 0 Å². The Morgan fingerprint density at radius 1 is 0.821 bits per heavy atom. The first kappa shape index (κ1) is 17.2. The predicted molar refractivity (Wildman–Crippen MR) is 118 cm³/mol. The fourth-order valence-corrected chi connectivity index (χ4v) is 5.28. The Balaban J connectivity index is 1.68. The zero-order chi connectivity index (χ0) is 19.7. The van der Waals surface area contributed by atoms with Crippen molar-refractivity contribution in [2.24, 2.45) is 10.8 Å². The molecule has 2 nitrogen and oxygen atoms in total. The SMILES string of the molecule is CC1(C)C=C2C(=[N+]([O-])c3cc(-c4ccc5ccccc5c4)ccc32)C(C)(C)C1. The first-order valence-electron chi connectivity index (χ1n) is 9.97. The van der Waals surface area contributed by atoms with Crippen molar-refractivity contribution in [2.75, 3.05) is 0 Å². The van der Waals surface area contributed by atoms with Crippen molar-refractivity contribution in [3.8, 4) is 11.1 Å². The largest absolute Gasteiger partial charge is 0.618 e. The molecular weight excluding hydrogens is 342 g/mol. The van der Waals surface area contributed by atoms with Crippen LogP contribution in [0.15, 0.2) is 66.7 Å². The molecule has 0 amide bonds. The number of fused-ring (bicyclic) bond motifs is 4. The first-order valence-corrected chi connectivity index (χ1v) is 9.97. The van der Waals surface area contributed by atoms with Gasteiger partial charge in [0.25, 0.3) is 0 Å². The van der Waals surface area contributed by atoms with Crippen LogP contribution in [0.4, 0.5) is 5.69 Å². The van der Waals surface area contributed by atoms with Crippen LogP contribution in [0.25, 0.3) is 27.5 Å². The Morgan fingerprint density at radius 3 is 2.29 bits per heavy atom. The lowest BCUT2D eigenvalue weighted by atomic mass is 9.65. The molecule has 0 unspecified atom stereocenters. The maximum Gasteiger partial charge on any atom is 0.225 e. The summed E-state index contributed by atoms with van der Waals surface area (Å²) in [4.78, 5) is 0. The molecule has 0 saturated carbocycles. The highest BCUT2D eigenvalue weighted by molar-refractivity contribution is 6.28. The Morgan fingerprint density at radius 2 is 1.50 bits per heavy atom. The van der Waals surface area contributed by atoms with Crippen LogP contribution >= 0.6 is 0 Å². The highest BCUT2D eigenvalue weighted by Gasteiger charge is 2.48. The van der Waals surface area contributed by atoms with Crippen molar-refractivity contribution in [3.05, 3.63) is 77.5 Å². The van der Waals surface area contributed by atoms with Crippen molar-refractivity contribution < 1.29 is 4.74 Å². The summed E-state index contributed by atoms with van der Waals surface area (Å²) in [5, 5.41) is 15.7. The van der Waals surface area contributed by atoms with Crippen LogP contribution in [-0.2, 0) is 0 Å². The lowest BCUT2D eigenvalue weighted by Gasteiger charge is -2.36. The standard InChI is InChI=1S/C26H25NO/c1-25(2)15-22-21-12-11-20(14-23(21)27(28)24(22)26(3,4)16-25)19-10-9-17-7-5-6-8-18(17)13-19/h5-15H,16H2,1-4H3. The second-order valence-electron chi connectivity index (χ2n) is 9.54. The van der Waals surface area contributed by atoms with Gasteiger partial charge in [-0.15, -0.1) is 0 Å². The summed E-state index contributed by atoms with van der Waals surface area (Å²) in [7, 11) is 0. The summed E-state index contributed by atoms with van der Waals surface area (Å²) in [5.41, 5.74) is 6.05. The van der Waals surface area contributed by atoms with Gasteiger partial charge in [0.05, 0.1) is 16.6 Å². The van der Waals surface area contributed by atoms with E-state index in [0.717, 1.165) is 40.1 Å². The molecule has 0 bridgehead atoms. The molecular formula is C26H25NO. The summed E-state index contributed by atoms with van der Waals surface area (Å²) in [6, 6.07) is 21.2. The molecule has 3 aromatic carbocycles. The van der Waals surface area contributed by atoms with Crippen LogP contribution in [0.2, 0.25) is 0 Å². The van der Waals surface area contributed by atoms with Crippen LogP contribution in [0, 0.1) is 16.0 Å². The molecule has 0 saturated heterocycles. The second-order valence-corrected chi connectivity index (χ2v) is 9.54. The average molecular weight is 367 g/mol. The van der Waals surface area contributed by atoms with E-state index in [1.165, 1.54) is 15.5 Å². The van der Waals surface area contributed by atoms with Crippen LogP contribution in [0.3, 0.4) is 0 Å². The summed E-state index contributed by atoms with van der Waals surface area (Å²) in [6.07, 6.45) is 3.27. The monoisotopic (exact) mass is 367 g/mol. The van der Waals surface area contributed by atoms with Crippen molar-refractivity contribution in [2.45, 2.75) is 34.1 Å². The smallest absolute Gasteiger partial charge is 0.225 e. The minimum atomic E-state index is -0.141. The minimum absolute atomic E-state index is 0.0851. The van der Waals surface area contributed by atoms with Crippen LogP contribution in [0.1, 0.15) is 39.7 Å². The van der Waals surface area contributed by atoms with E-state index >= 15 is 0 Å². The summed E-state index contributed by atoms with van der Waals surface area (Å²) < 4.78 is 1.18. The average Bonchev–Trinajstić information content (AvgIpc) is 2.92. The number of nitrogens with zero attached hydrogens (tertiary/aromatic N) is 1. The Kier molecular flexibility index (Phi) is 3.43. The number of benzene rings is 3. The van der Waals surface area contributed by atoms with Crippen molar-refractivity contribution in [1.82, 2.24) is 0 Å². The summed E-state index contributed by atoms with van der Waals surface area (Å²) in [5.74, 6) is 0. The quantitative estimate of drug-likeness (QED) is 0.338. The topological polar surface area (TPSA) is 26.1 Å². The fourth-order valence-electron chi connectivity index (χ4n) is 5.28. The van der Waals surface area contributed by atoms with Gasteiger partial charge in [-0.1, -0.05) is 62.4 Å². The van der Waals surface area contributed by atoms with Gasteiger partial charge >= 0.3 is 0 Å². The first-order chi connectivity index (χ1) is 13.3. The fraction of sp³-hybridized carbons (Fsp3) is 0.269. The lowest BCUT2D eigenvalue weighted by Crippen LogP contribution is -2.36. The molecule has 0 fully saturated rings. The molecule has 1 aliphatic carbocycles. The van der Waals surface area contributed by atoms with E-state index in [1.54, 1.807) is 0 Å². The van der Waals surface area contributed by atoms with Gasteiger partial charge in [-0.05, 0) is 59.7 Å². The molecule has 1 heterocycles. The Labute approximate surface area is 166 Å².